The Labute approximate surface area is 146 Å². The molecular weight excluding hydrogens is 318 g/mol. The quantitative estimate of drug-likeness (QED) is 0.825. The Kier molecular flexibility index (Phi) is 4.10. The van der Waals surface area contributed by atoms with Crippen molar-refractivity contribution >= 4 is 11.9 Å². The maximum Gasteiger partial charge on any atom is 0.225 e. The van der Waals surface area contributed by atoms with Crippen LogP contribution in [0.4, 0.5) is 5.95 Å². The van der Waals surface area contributed by atoms with Gasteiger partial charge in [-0.3, -0.25) is 9.48 Å². The van der Waals surface area contributed by atoms with Crippen LogP contribution in [-0.4, -0.2) is 60.7 Å². The van der Waals surface area contributed by atoms with E-state index in [-0.39, 0.29) is 11.9 Å². The molecule has 3 atom stereocenters. The van der Waals surface area contributed by atoms with Crippen LogP contribution in [0.5, 0.6) is 0 Å². The summed E-state index contributed by atoms with van der Waals surface area (Å²) in [4.78, 5) is 29.5. The summed E-state index contributed by atoms with van der Waals surface area (Å²) >= 11 is 0. The molecule has 8 heteroatoms. The van der Waals surface area contributed by atoms with Gasteiger partial charge in [0.2, 0.25) is 11.9 Å². The van der Waals surface area contributed by atoms with Crippen LogP contribution in [0.15, 0.2) is 25.0 Å². The lowest BCUT2D eigenvalue weighted by molar-refractivity contribution is -0.132. The van der Waals surface area contributed by atoms with Gasteiger partial charge in [0, 0.05) is 38.4 Å². The van der Waals surface area contributed by atoms with E-state index in [0.29, 0.717) is 18.5 Å². The molecule has 2 aliphatic rings. The molecule has 8 nitrogen and oxygen atoms in total. The van der Waals surface area contributed by atoms with E-state index in [1.54, 1.807) is 13.3 Å². The van der Waals surface area contributed by atoms with E-state index < -0.39 is 0 Å². The third-order valence-corrected chi connectivity index (χ3v) is 5.30. The van der Waals surface area contributed by atoms with E-state index in [2.05, 4.69) is 29.9 Å². The third kappa shape index (κ3) is 3.08. The van der Waals surface area contributed by atoms with Gasteiger partial charge < -0.3 is 9.80 Å². The highest BCUT2D eigenvalue weighted by Gasteiger charge is 2.45. The van der Waals surface area contributed by atoms with Gasteiger partial charge in [0.25, 0.3) is 0 Å². The standard InChI is InChI=1S/C17H23N7O/c1-12-6-19-17(20-7-12)22-4-3-16-14(8-22)5-15(24(16)13(2)25)9-23-11-18-10-21-23/h6-7,10-11,14-16H,3-5,8-9H2,1-2H3/t14-,15+,16+/m1/s1. The van der Waals surface area contributed by atoms with Gasteiger partial charge in [0.05, 0.1) is 12.6 Å². The van der Waals surface area contributed by atoms with Gasteiger partial charge >= 0.3 is 0 Å². The van der Waals surface area contributed by atoms with Crippen molar-refractivity contribution in [2.75, 3.05) is 18.0 Å². The Morgan fingerprint density at radius 2 is 2.12 bits per heavy atom. The fraction of sp³-hybridized carbons (Fsp3) is 0.588. The van der Waals surface area contributed by atoms with E-state index in [9.17, 15) is 4.79 Å². The van der Waals surface area contributed by atoms with E-state index in [1.807, 2.05) is 24.0 Å². The molecule has 2 aromatic heterocycles. The molecule has 25 heavy (non-hydrogen) atoms. The fourth-order valence-electron chi connectivity index (χ4n) is 4.28. The molecule has 0 spiro atoms. The van der Waals surface area contributed by atoms with Crippen molar-refractivity contribution in [3.05, 3.63) is 30.6 Å². The van der Waals surface area contributed by atoms with Crippen LogP contribution in [0.2, 0.25) is 0 Å². The lowest BCUT2D eigenvalue weighted by Crippen LogP contribution is -2.49. The molecule has 2 aromatic rings. The second kappa shape index (κ2) is 6.42. The molecule has 4 heterocycles. The SMILES string of the molecule is CC(=O)N1[C@H](Cn2cncn2)C[C@@H]2CN(c3ncc(C)cn3)CC[C@@H]21. The van der Waals surface area contributed by atoms with Gasteiger partial charge in [-0.1, -0.05) is 0 Å². The molecule has 0 saturated carbocycles. The normalized spacial score (nSPS) is 25.9. The summed E-state index contributed by atoms with van der Waals surface area (Å²) in [6, 6.07) is 0.473. The van der Waals surface area contributed by atoms with Gasteiger partial charge in [0.15, 0.2) is 0 Å². The molecule has 0 aromatic carbocycles. The molecule has 4 rings (SSSR count). The molecule has 0 bridgehead atoms. The summed E-state index contributed by atoms with van der Waals surface area (Å²) in [6.45, 7) is 6.14. The molecule has 0 unspecified atom stereocenters. The van der Waals surface area contributed by atoms with Crippen LogP contribution in [0.3, 0.4) is 0 Å². The monoisotopic (exact) mass is 341 g/mol. The Hall–Kier alpha value is -2.51. The molecule has 2 aliphatic heterocycles. The highest BCUT2D eigenvalue weighted by molar-refractivity contribution is 5.74. The highest BCUT2D eigenvalue weighted by atomic mass is 16.2. The molecule has 132 valence electrons. The average molecular weight is 341 g/mol. The second-order valence-corrected chi connectivity index (χ2v) is 7.06. The Morgan fingerprint density at radius 1 is 1.32 bits per heavy atom. The highest BCUT2D eigenvalue weighted by Crippen LogP contribution is 2.37. The van der Waals surface area contributed by atoms with Crippen molar-refractivity contribution in [2.24, 2.45) is 5.92 Å². The molecule has 1 amide bonds. The van der Waals surface area contributed by atoms with Gasteiger partial charge in [-0.2, -0.15) is 5.10 Å². The summed E-state index contributed by atoms with van der Waals surface area (Å²) in [5, 5.41) is 4.20. The van der Waals surface area contributed by atoms with Crippen LogP contribution in [0, 0.1) is 12.8 Å². The first-order valence-electron chi connectivity index (χ1n) is 8.76. The first-order valence-corrected chi connectivity index (χ1v) is 8.76. The number of hydrogen-bond donors (Lipinski definition) is 0. The van der Waals surface area contributed by atoms with E-state index >= 15 is 0 Å². The van der Waals surface area contributed by atoms with Crippen LogP contribution >= 0.6 is 0 Å². The van der Waals surface area contributed by atoms with E-state index in [4.69, 9.17) is 0 Å². The predicted octanol–water partition coefficient (Wildman–Crippen LogP) is 0.892. The molecule has 0 radical (unpaired) electrons. The zero-order chi connectivity index (χ0) is 17.4. The van der Waals surface area contributed by atoms with Gasteiger partial charge in [-0.25, -0.2) is 15.0 Å². The lowest BCUT2D eigenvalue weighted by Gasteiger charge is -2.38. The molecule has 0 N–H and O–H groups in total. The first kappa shape index (κ1) is 16.0. The first-order chi connectivity index (χ1) is 12.1. The number of likely N-dealkylation sites (tertiary alicyclic amines) is 1. The van der Waals surface area contributed by atoms with Crippen LogP contribution in [0.1, 0.15) is 25.3 Å². The zero-order valence-electron chi connectivity index (χ0n) is 14.6. The Bertz CT molecular complexity index is 730. The predicted molar refractivity (Wildman–Crippen MR) is 91.8 cm³/mol. The maximum absolute atomic E-state index is 12.3. The number of anilines is 1. The van der Waals surface area contributed by atoms with E-state index in [1.165, 1.54) is 6.33 Å². The number of rotatable bonds is 3. The van der Waals surface area contributed by atoms with Crippen molar-refractivity contribution in [3.63, 3.8) is 0 Å². The summed E-state index contributed by atoms with van der Waals surface area (Å²) in [5.41, 5.74) is 1.06. The zero-order valence-corrected chi connectivity index (χ0v) is 14.6. The van der Waals surface area contributed by atoms with Crippen LogP contribution < -0.4 is 4.90 Å². The maximum atomic E-state index is 12.3. The second-order valence-electron chi connectivity index (χ2n) is 7.06. The number of fused-ring (bicyclic) bond motifs is 1. The number of aryl methyl sites for hydroxylation is 1. The number of carbonyl (C=O) groups is 1. The van der Waals surface area contributed by atoms with Crippen molar-refractivity contribution in [3.8, 4) is 0 Å². The minimum Gasteiger partial charge on any atom is -0.340 e. The van der Waals surface area contributed by atoms with Crippen molar-refractivity contribution in [1.82, 2.24) is 29.6 Å². The number of aromatic nitrogens is 5. The number of nitrogens with zero attached hydrogens (tertiary/aromatic N) is 7. The third-order valence-electron chi connectivity index (χ3n) is 5.30. The minimum absolute atomic E-state index is 0.151. The minimum atomic E-state index is 0.151. The van der Waals surface area contributed by atoms with Crippen LogP contribution in [0.25, 0.3) is 0 Å². The Balaban J connectivity index is 1.50. The van der Waals surface area contributed by atoms with Gasteiger partial charge in [-0.15, -0.1) is 0 Å². The number of amides is 1. The van der Waals surface area contributed by atoms with Gasteiger partial charge in [0.1, 0.15) is 12.7 Å². The molecular formula is C17H23N7O. The summed E-state index contributed by atoms with van der Waals surface area (Å²) in [7, 11) is 0. The Morgan fingerprint density at radius 3 is 2.80 bits per heavy atom. The van der Waals surface area contributed by atoms with Crippen molar-refractivity contribution in [2.45, 2.75) is 45.3 Å². The number of hydrogen-bond acceptors (Lipinski definition) is 6. The summed E-state index contributed by atoms with van der Waals surface area (Å²) in [5.74, 6) is 1.38. The average Bonchev–Trinajstić information content (AvgIpc) is 3.22. The summed E-state index contributed by atoms with van der Waals surface area (Å²) in [6.07, 6.45) is 8.90. The van der Waals surface area contributed by atoms with Crippen molar-refractivity contribution in [1.29, 1.82) is 0 Å². The van der Waals surface area contributed by atoms with Crippen molar-refractivity contribution < 1.29 is 4.79 Å². The van der Waals surface area contributed by atoms with E-state index in [0.717, 1.165) is 37.4 Å². The topological polar surface area (TPSA) is 80.0 Å². The molecule has 0 aliphatic carbocycles. The number of carbonyl (C=O) groups excluding carboxylic acids is 1. The molecule has 2 saturated heterocycles. The summed E-state index contributed by atoms with van der Waals surface area (Å²) < 4.78 is 1.82. The lowest BCUT2D eigenvalue weighted by atomic mass is 9.92. The fourth-order valence-corrected chi connectivity index (χ4v) is 4.28. The van der Waals surface area contributed by atoms with Gasteiger partial charge in [-0.05, 0) is 31.2 Å². The van der Waals surface area contributed by atoms with Crippen LogP contribution in [-0.2, 0) is 11.3 Å². The largest absolute Gasteiger partial charge is 0.340 e. The smallest absolute Gasteiger partial charge is 0.225 e. The molecule has 2 fully saturated rings. The number of piperidine rings is 1.